The highest BCUT2D eigenvalue weighted by Gasteiger charge is 2.47. The van der Waals surface area contributed by atoms with E-state index >= 15 is 0 Å². The van der Waals surface area contributed by atoms with Crippen LogP contribution in [0.15, 0.2) is 30.5 Å². The summed E-state index contributed by atoms with van der Waals surface area (Å²) >= 11 is 0. The van der Waals surface area contributed by atoms with Gasteiger partial charge in [0.05, 0.1) is 0 Å². The van der Waals surface area contributed by atoms with Crippen LogP contribution in [-0.4, -0.2) is 40.4 Å². The number of aryl methyl sites for hydroxylation is 2. The van der Waals surface area contributed by atoms with Crippen molar-refractivity contribution in [3.8, 4) is 0 Å². The van der Waals surface area contributed by atoms with E-state index in [0.717, 1.165) is 50.2 Å². The first kappa shape index (κ1) is 18.8. The number of benzene rings is 1. The topological polar surface area (TPSA) is 58.1 Å². The fraction of sp³-hybridized carbons (Fsp3) is 0.500. The van der Waals surface area contributed by atoms with Gasteiger partial charge in [-0.15, -0.1) is 0 Å². The fourth-order valence-electron chi connectivity index (χ4n) is 4.03. The van der Waals surface area contributed by atoms with Crippen molar-refractivity contribution in [1.82, 2.24) is 14.9 Å². The largest absolute Gasteiger partial charge is 0.354 e. The lowest BCUT2D eigenvalue weighted by Gasteiger charge is -2.32. The van der Waals surface area contributed by atoms with E-state index in [1.165, 1.54) is 6.07 Å². The van der Waals surface area contributed by atoms with Gasteiger partial charge in [-0.05, 0) is 62.1 Å². The highest BCUT2D eigenvalue weighted by atomic mass is 19.1. The van der Waals surface area contributed by atoms with Gasteiger partial charge in [-0.25, -0.2) is 14.4 Å². The molecule has 1 saturated heterocycles. The quantitative estimate of drug-likeness (QED) is 0.857. The Labute approximate surface area is 165 Å². The monoisotopic (exact) mass is 382 g/mol. The number of nitrogens with one attached hydrogen (secondary N) is 1. The molecule has 2 aliphatic rings. The second-order valence-electron chi connectivity index (χ2n) is 8.08. The molecule has 1 aliphatic carbocycles. The average molecular weight is 382 g/mol. The van der Waals surface area contributed by atoms with Gasteiger partial charge in [-0.2, -0.15) is 0 Å². The number of aromatic nitrogens is 2. The minimum Gasteiger partial charge on any atom is -0.354 e. The van der Waals surface area contributed by atoms with Crippen LogP contribution >= 0.6 is 0 Å². The molecule has 2 heterocycles. The standard InChI is InChI=1S/C22H27FN4O/c1-14-12-24-22(26-15(14)2)25-13-16-7-9-27(10-8-16)21(28)19-11-18(19)17-5-3-4-6-20(17)23/h3-6,12,16,18-19H,7-11,13H2,1-2H3,(H,24,25,26)/t18-,19+/m0/s1. The number of hydrogen-bond donors (Lipinski definition) is 1. The number of carbonyl (C=O) groups excluding carboxylic acids is 1. The summed E-state index contributed by atoms with van der Waals surface area (Å²) in [6, 6.07) is 6.82. The normalized spacial score (nSPS) is 22.2. The molecule has 2 aromatic rings. The number of nitrogens with zero attached hydrogens (tertiary/aromatic N) is 3. The van der Waals surface area contributed by atoms with Crippen molar-refractivity contribution in [2.24, 2.45) is 11.8 Å². The van der Waals surface area contributed by atoms with Gasteiger partial charge in [0.25, 0.3) is 0 Å². The van der Waals surface area contributed by atoms with Crippen molar-refractivity contribution < 1.29 is 9.18 Å². The third-order valence-electron chi connectivity index (χ3n) is 6.11. The number of halogens is 1. The van der Waals surface area contributed by atoms with E-state index in [9.17, 15) is 9.18 Å². The van der Waals surface area contributed by atoms with Crippen molar-refractivity contribution in [1.29, 1.82) is 0 Å². The average Bonchev–Trinajstić information content (AvgIpc) is 3.50. The van der Waals surface area contributed by atoms with E-state index in [4.69, 9.17) is 0 Å². The smallest absolute Gasteiger partial charge is 0.226 e. The first-order chi connectivity index (χ1) is 13.5. The van der Waals surface area contributed by atoms with Crippen molar-refractivity contribution in [3.63, 3.8) is 0 Å². The predicted octanol–water partition coefficient (Wildman–Crippen LogP) is 3.69. The number of rotatable bonds is 5. The fourth-order valence-corrected chi connectivity index (χ4v) is 4.03. The maximum atomic E-state index is 13.9. The molecule has 1 N–H and O–H groups in total. The van der Waals surface area contributed by atoms with Crippen molar-refractivity contribution in [3.05, 3.63) is 53.1 Å². The highest BCUT2D eigenvalue weighted by Crippen LogP contribution is 2.49. The molecule has 148 valence electrons. The molecule has 5 nitrogen and oxygen atoms in total. The van der Waals surface area contributed by atoms with Crippen LogP contribution in [-0.2, 0) is 4.79 Å². The summed E-state index contributed by atoms with van der Waals surface area (Å²) in [5.74, 6) is 1.19. The minimum absolute atomic E-state index is 0.0458. The molecule has 6 heteroatoms. The number of piperidine rings is 1. The summed E-state index contributed by atoms with van der Waals surface area (Å²) in [7, 11) is 0. The van der Waals surface area contributed by atoms with Gasteiger partial charge in [0.2, 0.25) is 11.9 Å². The van der Waals surface area contributed by atoms with E-state index in [0.29, 0.717) is 17.4 Å². The molecule has 1 aromatic carbocycles. The van der Waals surface area contributed by atoms with Crippen LogP contribution in [0.4, 0.5) is 10.3 Å². The summed E-state index contributed by atoms with van der Waals surface area (Å²) in [5, 5.41) is 3.33. The molecule has 1 amide bonds. The highest BCUT2D eigenvalue weighted by molar-refractivity contribution is 5.83. The second kappa shape index (κ2) is 7.86. The molecule has 2 atom stereocenters. The Morgan fingerprint density at radius 2 is 2.00 bits per heavy atom. The SMILES string of the molecule is Cc1cnc(NCC2CCN(C(=O)[C@@H]3C[C@H]3c3ccccc3F)CC2)nc1C. The Morgan fingerprint density at radius 3 is 2.71 bits per heavy atom. The van der Waals surface area contributed by atoms with Crippen LogP contribution in [0.1, 0.15) is 42.0 Å². The van der Waals surface area contributed by atoms with Crippen LogP contribution in [0, 0.1) is 31.5 Å². The van der Waals surface area contributed by atoms with Crippen molar-refractivity contribution in [2.45, 2.75) is 39.0 Å². The summed E-state index contributed by atoms with van der Waals surface area (Å²) in [6.45, 7) is 6.37. The van der Waals surface area contributed by atoms with E-state index in [2.05, 4.69) is 15.3 Å². The molecule has 1 saturated carbocycles. The molecule has 1 aromatic heterocycles. The Balaban J connectivity index is 1.25. The Hall–Kier alpha value is -2.50. The van der Waals surface area contributed by atoms with E-state index < -0.39 is 0 Å². The zero-order valence-electron chi connectivity index (χ0n) is 16.5. The number of anilines is 1. The lowest BCUT2D eigenvalue weighted by atomic mass is 9.96. The minimum atomic E-state index is -0.193. The number of amides is 1. The first-order valence-corrected chi connectivity index (χ1v) is 10.1. The van der Waals surface area contributed by atoms with Crippen LogP contribution in [0.25, 0.3) is 0 Å². The zero-order valence-corrected chi connectivity index (χ0v) is 16.5. The Kier molecular flexibility index (Phi) is 5.29. The lowest BCUT2D eigenvalue weighted by Crippen LogP contribution is -2.41. The molecule has 28 heavy (non-hydrogen) atoms. The number of carbonyl (C=O) groups is 1. The van der Waals surface area contributed by atoms with Crippen molar-refractivity contribution in [2.75, 3.05) is 25.0 Å². The molecule has 0 spiro atoms. The van der Waals surface area contributed by atoms with Gasteiger partial charge in [0, 0.05) is 37.4 Å². The molecular formula is C22H27FN4O. The van der Waals surface area contributed by atoms with Gasteiger partial charge in [0.1, 0.15) is 5.82 Å². The van der Waals surface area contributed by atoms with E-state index in [1.807, 2.05) is 31.0 Å². The zero-order chi connectivity index (χ0) is 19.7. The van der Waals surface area contributed by atoms with Crippen LogP contribution in [0.2, 0.25) is 0 Å². The van der Waals surface area contributed by atoms with Crippen LogP contribution in [0.5, 0.6) is 0 Å². The van der Waals surface area contributed by atoms with E-state index in [-0.39, 0.29) is 23.6 Å². The lowest BCUT2D eigenvalue weighted by molar-refractivity contribution is -0.134. The molecule has 2 fully saturated rings. The van der Waals surface area contributed by atoms with E-state index in [1.54, 1.807) is 12.1 Å². The predicted molar refractivity (Wildman–Crippen MR) is 107 cm³/mol. The van der Waals surface area contributed by atoms with Gasteiger partial charge >= 0.3 is 0 Å². The molecule has 0 radical (unpaired) electrons. The summed E-state index contributed by atoms with van der Waals surface area (Å²) in [5.41, 5.74) is 2.77. The Bertz CT molecular complexity index is 863. The maximum Gasteiger partial charge on any atom is 0.226 e. The molecule has 0 unspecified atom stereocenters. The Morgan fingerprint density at radius 1 is 1.25 bits per heavy atom. The van der Waals surface area contributed by atoms with Gasteiger partial charge in [-0.3, -0.25) is 4.79 Å². The van der Waals surface area contributed by atoms with Crippen molar-refractivity contribution >= 4 is 11.9 Å². The third kappa shape index (κ3) is 4.01. The second-order valence-corrected chi connectivity index (χ2v) is 8.08. The van der Waals surface area contributed by atoms with Crippen LogP contribution in [0.3, 0.4) is 0 Å². The third-order valence-corrected chi connectivity index (χ3v) is 6.11. The van der Waals surface area contributed by atoms with Gasteiger partial charge in [0.15, 0.2) is 0 Å². The number of hydrogen-bond acceptors (Lipinski definition) is 4. The summed E-state index contributed by atoms with van der Waals surface area (Å²) in [4.78, 5) is 23.5. The van der Waals surface area contributed by atoms with Gasteiger partial charge in [-0.1, -0.05) is 18.2 Å². The molecular weight excluding hydrogens is 355 g/mol. The molecule has 0 bridgehead atoms. The van der Waals surface area contributed by atoms with Crippen LogP contribution < -0.4 is 5.32 Å². The maximum absolute atomic E-state index is 13.9. The van der Waals surface area contributed by atoms with Gasteiger partial charge < -0.3 is 10.2 Å². The first-order valence-electron chi connectivity index (χ1n) is 10.1. The number of likely N-dealkylation sites (tertiary alicyclic amines) is 1. The summed E-state index contributed by atoms with van der Waals surface area (Å²) in [6.07, 6.45) is 4.56. The molecule has 4 rings (SSSR count). The molecule has 1 aliphatic heterocycles. The summed E-state index contributed by atoms with van der Waals surface area (Å²) < 4.78 is 13.9.